The van der Waals surface area contributed by atoms with Crippen molar-refractivity contribution in [1.82, 2.24) is 15.0 Å². The van der Waals surface area contributed by atoms with Crippen LogP contribution in [0.25, 0.3) is 10.6 Å². The Kier molecular flexibility index (Phi) is 2.56. The standard InChI is InChI=1S/C8H7N3S2/c1-12-8-10-3-2-6(11-8)7-4-9-5-13-7/h2-5H,1H3. The summed E-state index contributed by atoms with van der Waals surface area (Å²) in [7, 11) is 0. The first-order valence-electron chi connectivity index (χ1n) is 3.66. The van der Waals surface area contributed by atoms with Gasteiger partial charge in [0.1, 0.15) is 0 Å². The van der Waals surface area contributed by atoms with Crippen molar-refractivity contribution in [3.63, 3.8) is 0 Å². The van der Waals surface area contributed by atoms with Crippen molar-refractivity contribution in [1.29, 1.82) is 0 Å². The molecule has 2 rings (SSSR count). The van der Waals surface area contributed by atoms with Crippen molar-refractivity contribution >= 4 is 23.1 Å². The molecule has 2 aromatic heterocycles. The Morgan fingerprint density at radius 1 is 1.46 bits per heavy atom. The van der Waals surface area contributed by atoms with Crippen LogP contribution < -0.4 is 0 Å². The Morgan fingerprint density at radius 3 is 3.08 bits per heavy atom. The summed E-state index contributed by atoms with van der Waals surface area (Å²) in [5.74, 6) is 0. The van der Waals surface area contributed by atoms with Gasteiger partial charge >= 0.3 is 0 Å². The molecule has 0 saturated heterocycles. The van der Waals surface area contributed by atoms with Crippen LogP contribution in [0.3, 0.4) is 0 Å². The van der Waals surface area contributed by atoms with Gasteiger partial charge in [-0.15, -0.1) is 11.3 Å². The Bertz CT molecular complexity index is 386. The molecule has 2 aromatic rings. The molecule has 0 N–H and O–H groups in total. The zero-order chi connectivity index (χ0) is 9.10. The fraction of sp³-hybridized carbons (Fsp3) is 0.125. The average molecular weight is 209 g/mol. The van der Waals surface area contributed by atoms with Crippen LogP contribution >= 0.6 is 23.1 Å². The molecule has 0 spiro atoms. The van der Waals surface area contributed by atoms with Gasteiger partial charge in [-0.05, 0) is 12.3 Å². The van der Waals surface area contributed by atoms with Gasteiger partial charge in [0.05, 0.1) is 16.1 Å². The fourth-order valence-corrected chi connectivity index (χ4v) is 1.87. The Morgan fingerprint density at radius 2 is 2.38 bits per heavy atom. The van der Waals surface area contributed by atoms with E-state index in [0.717, 1.165) is 15.7 Å². The third kappa shape index (κ3) is 1.87. The van der Waals surface area contributed by atoms with Gasteiger partial charge in [-0.3, -0.25) is 4.98 Å². The SMILES string of the molecule is CSc1nccc(-c2cncs2)n1. The lowest BCUT2D eigenvalue weighted by molar-refractivity contribution is 0.978. The van der Waals surface area contributed by atoms with Crippen LogP contribution in [-0.4, -0.2) is 21.2 Å². The van der Waals surface area contributed by atoms with E-state index in [1.807, 2.05) is 18.5 Å². The fourth-order valence-electron chi connectivity index (χ4n) is 0.919. The lowest BCUT2D eigenvalue weighted by atomic mass is 10.4. The molecule has 0 fully saturated rings. The van der Waals surface area contributed by atoms with Crippen LogP contribution in [0, 0.1) is 0 Å². The molecular weight excluding hydrogens is 202 g/mol. The maximum absolute atomic E-state index is 4.36. The Hall–Kier alpha value is -0.940. The molecule has 0 aliphatic heterocycles. The van der Waals surface area contributed by atoms with E-state index in [0.29, 0.717) is 0 Å². The zero-order valence-corrected chi connectivity index (χ0v) is 8.60. The zero-order valence-electron chi connectivity index (χ0n) is 6.97. The number of nitrogens with zero attached hydrogens (tertiary/aromatic N) is 3. The van der Waals surface area contributed by atoms with E-state index < -0.39 is 0 Å². The van der Waals surface area contributed by atoms with Crippen LogP contribution in [-0.2, 0) is 0 Å². The molecule has 0 radical (unpaired) electrons. The summed E-state index contributed by atoms with van der Waals surface area (Å²) in [4.78, 5) is 13.5. The second kappa shape index (κ2) is 3.85. The van der Waals surface area contributed by atoms with Crippen LogP contribution in [0.4, 0.5) is 0 Å². The predicted molar refractivity (Wildman–Crippen MR) is 54.9 cm³/mol. The van der Waals surface area contributed by atoms with Gasteiger partial charge < -0.3 is 0 Å². The first-order valence-corrected chi connectivity index (χ1v) is 5.76. The maximum Gasteiger partial charge on any atom is 0.187 e. The summed E-state index contributed by atoms with van der Waals surface area (Å²) in [5.41, 5.74) is 2.75. The monoisotopic (exact) mass is 209 g/mol. The number of thioether (sulfide) groups is 1. The maximum atomic E-state index is 4.36. The summed E-state index contributed by atoms with van der Waals surface area (Å²) >= 11 is 3.13. The Labute approximate surface area is 84.3 Å². The quantitative estimate of drug-likeness (QED) is 0.562. The van der Waals surface area contributed by atoms with Crippen molar-refractivity contribution in [2.75, 3.05) is 6.26 Å². The van der Waals surface area contributed by atoms with Crippen molar-refractivity contribution < 1.29 is 0 Å². The molecule has 0 saturated carbocycles. The molecule has 0 unspecified atom stereocenters. The Balaban J connectivity index is 2.41. The van der Waals surface area contributed by atoms with Gasteiger partial charge in [-0.2, -0.15) is 0 Å². The number of hydrogen-bond donors (Lipinski definition) is 0. The predicted octanol–water partition coefficient (Wildman–Crippen LogP) is 2.32. The number of rotatable bonds is 2. The second-order valence-electron chi connectivity index (χ2n) is 2.29. The lowest BCUT2D eigenvalue weighted by Gasteiger charge is -1.97. The topological polar surface area (TPSA) is 38.7 Å². The van der Waals surface area contributed by atoms with Crippen molar-refractivity contribution in [3.05, 3.63) is 24.0 Å². The van der Waals surface area contributed by atoms with Crippen LogP contribution in [0.1, 0.15) is 0 Å². The first kappa shape index (κ1) is 8.65. The van der Waals surface area contributed by atoms with E-state index in [-0.39, 0.29) is 0 Å². The first-order chi connectivity index (χ1) is 6.40. The number of hydrogen-bond acceptors (Lipinski definition) is 5. The van der Waals surface area contributed by atoms with Crippen LogP contribution in [0.5, 0.6) is 0 Å². The highest BCUT2D eigenvalue weighted by Gasteiger charge is 2.01. The molecule has 66 valence electrons. The summed E-state index contributed by atoms with van der Waals surface area (Å²) in [6.45, 7) is 0. The van der Waals surface area contributed by atoms with Crippen LogP contribution in [0.15, 0.2) is 29.1 Å². The normalized spacial score (nSPS) is 10.2. The van der Waals surface area contributed by atoms with E-state index in [1.54, 1.807) is 34.8 Å². The highest BCUT2D eigenvalue weighted by atomic mass is 32.2. The molecule has 5 heteroatoms. The van der Waals surface area contributed by atoms with Gasteiger partial charge in [0.25, 0.3) is 0 Å². The van der Waals surface area contributed by atoms with Crippen molar-refractivity contribution in [2.45, 2.75) is 5.16 Å². The third-order valence-corrected chi connectivity index (χ3v) is 2.86. The van der Waals surface area contributed by atoms with E-state index in [2.05, 4.69) is 15.0 Å². The summed E-state index contributed by atoms with van der Waals surface area (Å²) < 4.78 is 0. The van der Waals surface area contributed by atoms with Crippen LogP contribution in [0.2, 0.25) is 0 Å². The molecule has 0 atom stereocenters. The number of thiazole rings is 1. The number of aromatic nitrogens is 3. The van der Waals surface area contributed by atoms with Gasteiger partial charge in [-0.25, -0.2) is 9.97 Å². The molecule has 0 amide bonds. The summed E-state index contributed by atoms with van der Waals surface area (Å²) in [6, 6.07) is 1.90. The highest BCUT2D eigenvalue weighted by Crippen LogP contribution is 2.21. The van der Waals surface area contributed by atoms with Gasteiger partial charge in [0.15, 0.2) is 5.16 Å². The third-order valence-electron chi connectivity index (χ3n) is 1.50. The van der Waals surface area contributed by atoms with Gasteiger partial charge in [-0.1, -0.05) is 11.8 Å². The van der Waals surface area contributed by atoms with E-state index in [9.17, 15) is 0 Å². The molecule has 0 aliphatic carbocycles. The smallest absolute Gasteiger partial charge is 0.187 e. The molecule has 2 heterocycles. The van der Waals surface area contributed by atoms with E-state index in [4.69, 9.17) is 0 Å². The van der Waals surface area contributed by atoms with Gasteiger partial charge in [0.2, 0.25) is 0 Å². The molecular formula is C8H7N3S2. The highest BCUT2D eigenvalue weighted by molar-refractivity contribution is 7.98. The lowest BCUT2D eigenvalue weighted by Crippen LogP contribution is -1.86. The average Bonchev–Trinajstić information content (AvgIpc) is 2.71. The molecule has 0 bridgehead atoms. The second-order valence-corrected chi connectivity index (χ2v) is 3.95. The van der Waals surface area contributed by atoms with E-state index in [1.165, 1.54) is 0 Å². The van der Waals surface area contributed by atoms with Crippen molar-refractivity contribution in [3.8, 4) is 10.6 Å². The minimum Gasteiger partial charge on any atom is -0.252 e. The summed E-state index contributed by atoms with van der Waals surface area (Å²) in [5, 5.41) is 0.797. The minimum atomic E-state index is 0.797. The summed E-state index contributed by atoms with van der Waals surface area (Å²) in [6.07, 6.45) is 5.55. The molecule has 0 aliphatic rings. The van der Waals surface area contributed by atoms with Gasteiger partial charge in [0, 0.05) is 12.4 Å². The largest absolute Gasteiger partial charge is 0.252 e. The molecule has 0 aromatic carbocycles. The van der Waals surface area contributed by atoms with E-state index >= 15 is 0 Å². The molecule has 3 nitrogen and oxygen atoms in total. The molecule has 13 heavy (non-hydrogen) atoms. The minimum absolute atomic E-state index is 0.797. The van der Waals surface area contributed by atoms with Crippen molar-refractivity contribution in [2.24, 2.45) is 0 Å².